The molecule has 0 bridgehead atoms. The summed E-state index contributed by atoms with van der Waals surface area (Å²) >= 11 is 3.49. The van der Waals surface area contributed by atoms with Crippen LogP contribution in [0, 0.1) is 13.8 Å². The third-order valence-electron chi connectivity index (χ3n) is 6.76. The highest BCUT2D eigenvalue weighted by atomic mass is 79.9. The summed E-state index contributed by atoms with van der Waals surface area (Å²) in [5.74, 6) is 0.324. The number of methoxy groups -OCH3 is 1. The van der Waals surface area contributed by atoms with Gasteiger partial charge >= 0.3 is 5.97 Å². The zero-order valence-corrected chi connectivity index (χ0v) is 23.5. The zero-order valence-electron chi connectivity index (χ0n) is 21.9. The summed E-state index contributed by atoms with van der Waals surface area (Å²) in [6.45, 7) is 3.93. The molecule has 3 heterocycles. The van der Waals surface area contributed by atoms with Crippen molar-refractivity contribution in [3.05, 3.63) is 116 Å². The molecule has 8 nitrogen and oxygen atoms in total. The number of aryl methyl sites for hydroxylation is 1. The van der Waals surface area contributed by atoms with Gasteiger partial charge in [-0.1, -0.05) is 34.1 Å². The Bertz CT molecular complexity index is 2030. The van der Waals surface area contributed by atoms with E-state index in [0.717, 1.165) is 32.5 Å². The van der Waals surface area contributed by atoms with Gasteiger partial charge in [0.25, 0.3) is 5.56 Å². The van der Waals surface area contributed by atoms with Crippen LogP contribution in [0.2, 0.25) is 0 Å². The van der Waals surface area contributed by atoms with Crippen molar-refractivity contribution in [3.8, 4) is 17.3 Å². The molecule has 9 heteroatoms. The van der Waals surface area contributed by atoms with Crippen molar-refractivity contribution < 1.29 is 13.9 Å². The lowest BCUT2D eigenvalue weighted by Gasteiger charge is -2.11. The standard InChI is InChI=1S/C31H23BrN4O4/c1-18-13-22(19(2)35(18)24-8-6-7-20(15-24)31(38)39-3)17-33-36-29(34-26-10-5-4-9-25(26)30(36)37)28-16-21-14-23(32)11-12-27(21)40-28/h4-17H,1-3H3. The Morgan fingerprint density at radius 2 is 1.85 bits per heavy atom. The molecule has 40 heavy (non-hydrogen) atoms. The van der Waals surface area contributed by atoms with Gasteiger partial charge in [0.1, 0.15) is 5.58 Å². The van der Waals surface area contributed by atoms with E-state index >= 15 is 0 Å². The number of carbonyl (C=O) groups excluding carboxylic acids is 1. The largest absolute Gasteiger partial charge is 0.465 e. The molecule has 0 radical (unpaired) electrons. The lowest BCUT2D eigenvalue weighted by molar-refractivity contribution is 0.0600. The molecule has 6 aromatic rings. The number of esters is 1. The number of hydrogen-bond acceptors (Lipinski definition) is 6. The Kier molecular flexibility index (Phi) is 6.43. The minimum absolute atomic E-state index is 0.298. The molecular formula is C31H23BrN4O4. The smallest absolute Gasteiger partial charge is 0.337 e. The van der Waals surface area contributed by atoms with Crippen molar-refractivity contribution in [3.63, 3.8) is 0 Å². The first-order valence-corrected chi connectivity index (χ1v) is 13.3. The minimum atomic E-state index is -0.403. The quantitative estimate of drug-likeness (QED) is 0.165. The molecule has 198 valence electrons. The van der Waals surface area contributed by atoms with E-state index < -0.39 is 5.97 Å². The van der Waals surface area contributed by atoms with Crippen LogP contribution in [-0.4, -0.2) is 33.5 Å². The zero-order chi connectivity index (χ0) is 28.0. The van der Waals surface area contributed by atoms with Crippen molar-refractivity contribution in [2.24, 2.45) is 5.10 Å². The van der Waals surface area contributed by atoms with Crippen LogP contribution in [0.1, 0.15) is 27.3 Å². The van der Waals surface area contributed by atoms with Crippen molar-refractivity contribution in [1.82, 2.24) is 14.2 Å². The molecule has 0 amide bonds. The number of ether oxygens (including phenoxy) is 1. The Morgan fingerprint density at radius 3 is 2.67 bits per heavy atom. The number of fused-ring (bicyclic) bond motifs is 2. The van der Waals surface area contributed by atoms with Crippen LogP contribution < -0.4 is 5.56 Å². The van der Waals surface area contributed by atoms with Crippen LogP contribution in [0.15, 0.2) is 97.6 Å². The average Bonchev–Trinajstić information content (AvgIpc) is 3.51. The first-order chi connectivity index (χ1) is 19.3. The number of aromatic nitrogens is 3. The number of hydrogen-bond donors (Lipinski definition) is 0. The van der Waals surface area contributed by atoms with Crippen LogP contribution in [0.3, 0.4) is 0 Å². The molecule has 0 unspecified atom stereocenters. The topological polar surface area (TPSA) is 91.6 Å². The fraction of sp³-hybridized carbons (Fsp3) is 0.0968. The molecular weight excluding hydrogens is 572 g/mol. The van der Waals surface area contributed by atoms with Crippen molar-refractivity contribution >= 4 is 50.0 Å². The van der Waals surface area contributed by atoms with E-state index in [1.807, 2.05) is 66.9 Å². The number of rotatable bonds is 5. The van der Waals surface area contributed by atoms with Crippen LogP contribution in [0.4, 0.5) is 0 Å². The summed E-state index contributed by atoms with van der Waals surface area (Å²) in [6.07, 6.45) is 1.64. The van der Waals surface area contributed by atoms with Gasteiger partial charge in [-0.15, -0.1) is 0 Å². The van der Waals surface area contributed by atoms with Gasteiger partial charge in [-0.05, 0) is 74.5 Å². The van der Waals surface area contributed by atoms with E-state index in [1.165, 1.54) is 11.8 Å². The highest BCUT2D eigenvalue weighted by Gasteiger charge is 2.17. The Balaban J connectivity index is 1.48. The van der Waals surface area contributed by atoms with Crippen molar-refractivity contribution in [1.29, 1.82) is 0 Å². The summed E-state index contributed by atoms with van der Waals surface area (Å²) < 4.78 is 15.2. The van der Waals surface area contributed by atoms with Gasteiger partial charge in [-0.3, -0.25) is 4.79 Å². The van der Waals surface area contributed by atoms with E-state index in [-0.39, 0.29) is 5.56 Å². The van der Waals surface area contributed by atoms with Crippen LogP contribution in [-0.2, 0) is 4.74 Å². The van der Waals surface area contributed by atoms with Gasteiger partial charge in [0.15, 0.2) is 5.76 Å². The maximum Gasteiger partial charge on any atom is 0.337 e. The predicted octanol–water partition coefficient (Wildman–Crippen LogP) is 6.65. The molecule has 0 aliphatic carbocycles. The summed E-state index contributed by atoms with van der Waals surface area (Å²) in [5, 5.41) is 5.94. The Morgan fingerprint density at radius 1 is 1.02 bits per heavy atom. The van der Waals surface area contributed by atoms with E-state index in [0.29, 0.717) is 33.6 Å². The number of benzene rings is 3. The molecule has 0 atom stereocenters. The predicted molar refractivity (Wildman–Crippen MR) is 158 cm³/mol. The summed E-state index contributed by atoms with van der Waals surface area (Å²) in [5.41, 5.74) is 4.83. The average molecular weight is 595 g/mol. The van der Waals surface area contributed by atoms with Gasteiger partial charge in [-0.2, -0.15) is 9.78 Å². The van der Waals surface area contributed by atoms with Crippen LogP contribution in [0.5, 0.6) is 0 Å². The highest BCUT2D eigenvalue weighted by Crippen LogP contribution is 2.29. The fourth-order valence-electron chi connectivity index (χ4n) is 4.84. The van der Waals surface area contributed by atoms with Gasteiger partial charge in [-0.25, -0.2) is 9.78 Å². The van der Waals surface area contributed by atoms with E-state index in [2.05, 4.69) is 21.0 Å². The normalized spacial score (nSPS) is 11.6. The minimum Gasteiger partial charge on any atom is -0.465 e. The van der Waals surface area contributed by atoms with Gasteiger partial charge in [0.2, 0.25) is 5.82 Å². The second kappa shape index (κ2) is 10.1. The fourth-order valence-corrected chi connectivity index (χ4v) is 5.22. The summed E-state index contributed by atoms with van der Waals surface area (Å²) in [4.78, 5) is 30.5. The van der Waals surface area contributed by atoms with Gasteiger partial charge in [0.05, 0.1) is 29.8 Å². The number of nitrogens with zero attached hydrogens (tertiary/aromatic N) is 4. The molecule has 0 spiro atoms. The Hall–Kier alpha value is -4.76. The molecule has 3 aromatic heterocycles. The number of carbonyl (C=O) groups is 1. The second-order valence-corrected chi connectivity index (χ2v) is 10.2. The van der Waals surface area contributed by atoms with E-state index in [4.69, 9.17) is 14.1 Å². The maximum atomic E-state index is 13.6. The lowest BCUT2D eigenvalue weighted by atomic mass is 10.2. The van der Waals surface area contributed by atoms with Gasteiger partial charge in [0, 0.05) is 32.5 Å². The van der Waals surface area contributed by atoms with Gasteiger partial charge < -0.3 is 13.7 Å². The molecule has 0 saturated carbocycles. The highest BCUT2D eigenvalue weighted by molar-refractivity contribution is 9.10. The van der Waals surface area contributed by atoms with E-state index in [9.17, 15) is 9.59 Å². The van der Waals surface area contributed by atoms with Crippen molar-refractivity contribution in [2.75, 3.05) is 7.11 Å². The third kappa shape index (κ3) is 4.44. The Labute approximate surface area is 237 Å². The molecule has 0 saturated heterocycles. The third-order valence-corrected chi connectivity index (χ3v) is 7.25. The summed E-state index contributed by atoms with van der Waals surface area (Å²) in [6, 6.07) is 23.9. The SMILES string of the molecule is COC(=O)c1cccc(-n2c(C)cc(C=Nn3c(-c4cc5cc(Br)ccc5o4)nc4ccccc4c3=O)c2C)c1. The second-order valence-electron chi connectivity index (χ2n) is 9.31. The van der Waals surface area contributed by atoms with Crippen LogP contribution in [0.25, 0.3) is 39.1 Å². The molecule has 0 fully saturated rings. The first-order valence-electron chi connectivity index (χ1n) is 12.5. The summed E-state index contributed by atoms with van der Waals surface area (Å²) in [7, 11) is 1.36. The number of furan rings is 1. The number of halogens is 1. The molecule has 0 aliphatic rings. The molecule has 0 N–H and O–H groups in total. The lowest BCUT2D eigenvalue weighted by Crippen LogP contribution is -2.20. The van der Waals surface area contributed by atoms with Crippen LogP contribution >= 0.6 is 15.9 Å². The van der Waals surface area contributed by atoms with E-state index in [1.54, 1.807) is 36.5 Å². The molecule has 6 rings (SSSR count). The molecule has 3 aromatic carbocycles. The first kappa shape index (κ1) is 25.5. The number of para-hydroxylation sites is 1. The molecule has 0 aliphatic heterocycles. The maximum absolute atomic E-state index is 13.6. The monoisotopic (exact) mass is 594 g/mol. The van der Waals surface area contributed by atoms with Crippen molar-refractivity contribution in [2.45, 2.75) is 13.8 Å².